The quantitative estimate of drug-likeness (QED) is 0.724. The smallest absolute Gasteiger partial charge is 0.151 e. The number of benzene rings is 1. The number of halogens is 2. The summed E-state index contributed by atoms with van der Waals surface area (Å²) in [5, 5.41) is 6.42. The highest BCUT2D eigenvalue weighted by Crippen LogP contribution is 2.35. The van der Waals surface area contributed by atoms with Gasteiger partial charge >= 0.3 is 0 Å². The SMILES string of the molecule is Fc1cc(F)c2c(c1)NC1CCCCC1CN2. The minimum Gasteiger partial charge on any atom is -0.381 e. The normalized spacial score (nSPS) is 27.2. The van der Waals surface area contributed by atoms with Gasteiger partial charge in [-0.1, -0.05) is 12.8 Å². The molecule has 1 heterocycles. The predicted octanol–water partition coefficient (Wildman–Crippen LogP) is 3.36. The predicted molar refractivity (Wildman–Crippen MR) is 64.2 cm³/mol. The molecular weight excluding hydrogens is 222 g/mol. The van der Waals surface area contributed by atoms with Crippen molar-refractivity contribution in [2.24, 2.45) is 5.92 Å². The Labute approximate surface area is 99.4 Å². The first-order valence-electron chi connectivity index (χ1n) is 6.23. The molecule has 0 radical (unpaired) electrons. The van der Waals surface area contributed by atoms with Crippen LogP contribution < -0.4 is 10.6 Å². The molecule has 2 atom stereocenters. The summed E-state index contributed by atoms with van der Waals surface area (Å²) < 4.78 is 26.9. The number of rotatable bonds is 0. The van der Waals surface area contributed by atoms with Crippen LogP contribution in [0.3, 0.4) is 0 Å². The summed E-state index contributed by atoms with van der Waals surface area (Å²) in [6.07, 6.45) is 4.67. The molecule has 3 rings (SSSR count). The van der Waals surface area contributed by atoms with Gasteiger partial charge in [0.1, 0.15) is 5.82 Å². The molecule has 92 valence electrons. The molecule has 1 aromatic carbocycles. The maximum Gasteiger partial charge on any atom is 0.151 e. The summed E-state index contributed by atoms with van der Waals surface area (Å²) in [6.45, 7) is 0.771. The summed E-state index contributed by atoms with van der Waals surface area (Å²) in [7, 11) is 0. The zero-order valence-corrected chi connectivity index (χ0v) is 9.60. The first-order valence-corrected chi connectivity index (χ1v) is 6.23. The van der Waals surface area contributed by atoms with Crippen molar-refractivity contribution in [3.63, 3.8) is 0 Å². The average Bonchev–Trinajstić information content (AvgIpc) is 2.47. The molecule has 0 amide bonds. The molecule has 1 aliphatic heterocycles. The fourth-order valence-corrected chi connectivity index (χ4v) is 2.94. The average molecular weight is 238 g/mol. The topological polar surface area (TPSA) is 24.1 Å². The second-order valence-electron chi connectivity index (χ2n) is 4.99. The third kappa shape index (κ3) is 1.96. The zero-order valence-electron chi connectivity index (χ0n) is 9.60. The van der Waals surface area contributed by atoms with Crippen molar-refractivity contribution in [1.82, 2.24) is 0 Å². The monoisotopic (exact) mass is 238 g/mol. The van der Waals surface area contributed by atoms with Crippen molar-refractivity contribution in [3.05, 3.63) is 23.8 Å². The van der Waals surface area contributed by atoms with Gasteiger partial charge in [0, 0.05) is 18.7 Å². The Balaban J connectivity index is 1.95. The molecule has 4 heteroatoms. The molecule has 17 heavy (non-hydrogen) atoms. The molecule has 1 saturated carbocycles. The van der Waals surface area contributed by atoms with Crippen LogP contribution >= 0.6 is 0 Å². The van der Waals surface area contributed by atoms with Gasteiger partial charge in [-0.25, -0.2) is 8.78 Å². The van der Waals surface area contributed by atoms with Crippen molar-refractivity contribution in [3.8, 4) is 0 Å². The first-order chi connectivity index (χ1) is 8.24. The minimum atomic E-state index is -0.523. The lowest BCUT2D eigenvalue weighted by Gasteiger charge is -2.30. The highest BCUT2D eigenvalue weighted by molar-refractivity contribution is 5.70. The van der Waals surface area contributed by atoms with Crippen LogP contribution in [0.25, 0.3) is 0 Å². The Morgan fingerprint density at radius 2 is 1.94 bits per heavy atom. The number of hydrogen-bond donors (Lipinski definition) is 2. The third-order valence-electron chi connectivity index (χ3n) is 3.85. The highest BCUT2D eigenvalue weighted by Gasteiger charge is 2.29. The largest absolute Gasteiger partial charge is 0.381 e. The second-order valence-corrected chi connectivity index (χ2v) is 4.99. The lowest BCUT2D eigenvalue weighted by molar-refractivity contribution is 0.342. The molecule has 0 spiro atoms. The third-order valence-corrected chi connectivity index (χ3v) is 3.85. The van der Waals surface area contributed by atoms with E-state index in [0.29, 0.717) is 23.3 Å². The van der Waals surface area contributed by atoms with E-state index in [1.54, 1.807) is 0 Å². The van der Waals surface area contributed by atoms with Gasteiger partial charge in [0.2, 0.25) is 0 Å². The first kappa shape index (κ1) is 10.8. The second kappa shape index (κ2) is 4.17. The van der Waals surface area contributed by atoms with Gasteiger partial charge in [0.15, 0.2) is 5.82 Å². The highest BCUT2D eigenvalue weighted by atomic mass is 19.1. The fourth-order valence-electron chi connectivity index (χ4n) is 2.94. The van der Waals surface area contributed by atoms with Crippen LogP contribution in [0.1, 0.15) is 25.7 Å². The molecule has 1 fully saturated rings. The van der Waals surface area contributed by atoms with Gasteiger partial charge in [0.05, 0.1) is 11.4 Å². The molecule has 0 aromatic heterocycles. The Bertz CT molecular complexity index is 434. The van der Waals surface area contributed by atoms with Gasteiger partial charge in [-0.3, -0.25) is 0 Å². The fraction of sp³-hybridized carbons (Fsp3) is 0.538. The number of fused-ring (bicyclic) bond motifs is 2. The number of nitrogens with one attached hydrogen (secondary N) is 2. The van der Waals surface area contributed by atoms with E-state index in [9.17, 15) is 8.78 Å². The lowest BCUT2D eigenvalue weighted by Crippen LogP contribution is -2.34. The molecule has 0 bridgehead atoms. The zero-order chi connectivity index (χ0) is 11.8. The van der Waals surface area contributed by atoms with Crippen LogP contribution in [0.2, 0.25) is 0 Å². The van der Waals surface area contributed by atoms with E-state index in [1.165, 1.54) is 18.9 Å². The van der Waals surface area contributed by atoms with Crippen molar-refractivity contribution in [2.75, 3.05) is 17.2 Å². The van der Waals surface area contributed by atoms with Crippen molar-refractivity contribution in [1.29, 1.82) is 0 Å². The molecule has 1 aliphatic carbocycles. The minimum absolute atomic E-state index is 0.346. The Hall–Kier alpha value is -1.32. The standard InChI is InChI=1S/C13H16F2N2/c14-9-5-10(15)13-12(6-9)17-11-4-2-1-3-8(11)7-16-13/h5-6,8,11,16-17H,1-4,7H2. The summed E-state index contributed by atoms with van der Waals surface area (Å²) in [4.78, 5) is 0. The summed E-state index contributed by atoms with van der Waals surface area (Å²) in [6, 6.07) is 2.66. The van der Waals surface area contributed by atoms with Gasteiger partial charge in [-0.15, -0.1) is 0 Å². The van der Waals surface area contributed by atoms with Crippen molar-refractivity contribution in [2.45, 2.75) is 31.7 Å². The van der Waals surface area contributed by atoms with Crippen LogP contribution in [0.5, 0.6) is 0 Å². The van der Waals surface area contributed by atoms with E-state index in [4.69, 9.17) is 0 Å². The lowest BCUT2D eigenvalue weighted by atomic mass is 9.84. The van der Waals surface area contributed by atoms with E-state index in [-0.39, 0.29) is 0 Å². The molecule has 2 nitrogen and oxygen atoms in total. The van der Waals surface area contributed by atoms with Crippen LogP contribution in [-0.2, 0) is 0 Å². The van der Waals surface area contributed by atoms with E-state index >= 15 is 0 Å². The Morgan fingerprint density at radius 3 is 2.82 bits per heavy atom. The number of hydrogen-bond acceptors (Lipinski definition) is 2. The van der Waals surface area contributed by atoms with E-state index in [1.807, 2.05) is 0 Å². The van der Waals surface area contributed by atoms with Crippen molar-refractivity contribution >= 4 is 11.4 Å². The Kier molecular flexibility index (Phi) is 2.65. The van der Waals surface area contributed by atoms with E-state index in [0.717, 1.165) is 25.5 Å². The van der Waals surface area contributed by atoms with Crippen molar-refractivity contribution < 1.29 is 8.78 Å². The molecule has 2 N–H and O–H groups in total. The molecule has 1 aromatic rings. The van der Waals surface area contributed by atoms with Gasteiger partial charge in [0.25, 0.3) is 0 Å². The van der Waals surface area contributed by atoms with Crippen LogP contribution in [0.4, 0.5) is 20.2 Å². The number of anilines is 2. The van der Waals surface area contributed by atoms with Crippen LogP contribution in [0.15, 0.2) is 12.1 Å². The van der Waals surface area contributed by atoms with E-state index < -0.39 is 11.6 Å². The van der Waals surface area contributed by atoms with Gasteiger partial charge in [-0.2, -0.15) is 0 Å². The summed E-state index contributed by atoms with van der Waals surface area (Å²) in [5.74, 6) is -0.519. The van der Waals surface area contributed by atoms with Crippen LogP contribution in [0, 0.1) is 17.6 Å². The summed E-state index contributed by atoms with van der Waals surface area (Å²) in [5.41, 5.74) is 0.984. The molecule has 2 unspecified atom stereocenters. The molecular formula is C13H16F2N2. The van der Waals surface area contributed by atoms with Gasteiger partial charge in [-0.05, 0) is 24.8 Å². The van der Waals surface area contributed by atoms with Crippen LogP contribution in [-0.4, -0.2) is 12.6 Å². The summed E-state index contributed by atoms with van der Waals surface area (Å²) >= 11 is 0. The maximum atomic E-state index is 13.6. The molecule has 2 aliphatic rings. The maximum absolute atomic E-state index is 13.6. The van der Waals surface area contributed by atoms with E-state index in [2.05, 4.69) is 10.6 Å². The van der Waals surface area contributed by atoms with Gasteiger partial charge < -0.3 is 10.6 Å². The Morgan fingerprint density at radius 1 is 1.12 bits per heavy atom. The molecule has 0 saturated heterocycles.